The van der Waals surface area contributed by atoms with Crippen molar-refractivity contribution in [2.45, 2.75) is 0 Å². The molecule has 0 aliphatic heterocycles. The minimum absolute atomic E-state index is 0.0603. The van der Waals surface area contributed by atoms with Gasteiger partial charge in [-0.2, -0.15) is 10.2 Å². The molecule has 0 saturated heterocycles. The van der Waals surface area contributed by atoms with E-state index >= 15 is 0 Å². The number of para-hydroxylation sites is 1. The van der Waals surface area contributed by atoms with E-state index < -0.39 is 11.5 Å². The molecule has 1 heterocycles. The van der Waals surface area contributed by atoms with Crippen molar-refractivity contribution in [2.75, 3.05) is 7.11 Å². The third-order valence-corrected chi connectivity index (χ3v) is 4.64. The number of azo groups is 1. The van der Waals surface area contributed by atoms with Gasteiger partial charge in [0.1, 0.15) is 11.4 Å². The van der Waals surface area contributed by atoms with E-state index in [-0.39, 0.29) is 5.69 Å². The maximum absolute atomic E-state index is 13.0. The number of rotatable bonds is 7. The smallest absolute Gasteiger partial charge is 0.299 e. The summed E-state index contributed by atoms with van der Waals surface area (Å²) < 4.78 is 6.43. The minimum Gasteiger partial charge on any atom is -0.497 e. The van der Waals surface area contributed by atoms with Crippen molar-refractivity contribution >= 4 is 23.5 Å². The van der Waals surface area contributed by atoms with E-state index in [4.69, 9.17) is 4.74 Å². The summed E-state index contributed by atoms with van der Waals surface area (Å²) in [5, 5.41) is 15.2. The van der Waals surface area contributed by atoms with Crippen LogP contribution in [0.3, 0.4) is 0 Å². The van der Waals surface area contributed by atoms with Crippen LogP contribution in [0.4, 0.5) is 11.4 Å². The van der Waals surface area contributed by atoms with Crippen LogP contribution in [0.1, 0.15) is 16.1 Å². The highest BCUT2D eigenvalue weighted by Crippen LogP contribution is 2.18. The largest absolute Gasteiger partial charge is 0.497 e. The number of nitrogens with one attached hydrogen (secondary N) is 2. The fourth-order valence-electron chi connectivity index (χ4n) is 2.96. The van der Waals surface area contributed by atoms with E-state index in [0.29, 0.717) is 28.4 Å². The Morgan fingerprint density at radius 2 is 1.61 bits per heavy atom. The average molecular weight is 440 g/mol. The van der Waals surface area contributed by atoms with Crippen molar-refractivity contribution in [1.29, 1.82) is 0 Å². The minimum atomic E-state index is -0.411. The molecule has 2 N–H and O–H groups in total. The van der Waals surface area contributed by atoms with Crippen LogP contribution in [-0.4, -0.2) is 29.0 Å². The Kier molecular flexibility index (Phi) is 6.51. The Hall–Kier alpha value is -4.79. The van der Waals surface area contributed by atoms with Crippen molar-refractivity contribution < 1.29 is 9.53 Å². The number of hydrogen-bond donors (Lipinski definition) is 2. The van der Waals surface area contributed by atoms with E-state index in [9.17, 15) is 9.59 Å². The van der Waals surface area contributed by atoms with Crippen LogP contribution >= 0.6 is 0 Å². The number of aromatic amines is 1. The van der Waals surface area contributed by atoms with E-state index in [0.717, 1.165) is 0 Å². The first-order valence-corrected chi connectivity index (χ1v) is 10.0. The molecule has 0 bridgehead atoms. The van der Waals surface area contributed by atoms with Crippen LogP contribution in [0.15, 0.2) is 105 Å². The van der Waals surface area contributed by atoms with Gasteiger partial charge in [-0.15, -0.1) is 5.11 Å². The Morgan fingerprint density at radius 1 is 0.939 bits per heavy atom. The van der Waals surface area contributed by atoms with Crippen molar-refractivity contribution in [2.24, 2.45) is 15.3 Å². The van der Waals surface area contributed by atoms with E-state index in [1.54, 1.807) is 55.6 Å². The van der Waals surface area contributed by atoms with Crippen LogP contribution in [0.2, 0.25) is 0 Å². The van der Waals surface area contributed by atoms with Crippen molar-refractivity contribution in [3.8, 4) is 11.4 Å². The number of benzene rings is 3. The lowest BCUT2D eigenvalue weighted by Gasteiger charge is -2.02. The monoisotopic (exact) mass is 440 g/mol. The van der Waals surface area contributed by atoms with Gasteiger partial charge in [0.15, 0.2) is 5.69 Å². The summed E-state index contributed by atoms with van der Waals surface area (Å²) in [6.07, 6.45) is 1.32. The molecule has 0 aliphatic rings. The quantitative estimate of drug-likeness (QED) is 0.253. The first-order valence-electron chi connectivity index (χ1n) is 10.0. The molecule has 0 aliphatic carbocycles. The van der Waals surface area contributed by atoms with Crippen LogP contribution in [0.5, 0.6) is 5.75 Å². The molecule has 0 fully saturated rings. The number of methoxy groups -OCH3 is 1. The topological polar surface area (TPSA) is 113 Å². The van der Waals surface area contributed by atoms with Gasteiger partial charge in [-0.05, 0) is 48.5 Å². The number of amides is 1. The zero-order chi connectivity index (χ0) is 23.0. The van der Waals surface area contributed by atoms with Gasteiger partial charge >= 0.3 is 0 Å². The molecular weight excluding hydrogens is 420 g/mol. The standard InChI is InChI=1S/C24H20N6O3/c1-33-20-14-12-17(13-15-20)23(31)28-25-16-21-22(27-26-18-8-4-2-5-9-18)24(32)30(29-21)19-10-6-3-7-11-19/h2-16,29H,1H3,(H,28,31). The molecule has 9 nitrogen and oxygen atoms in total. The summed E-state index contributed by atoms with van der Waals surface area (Å²) in [6, 6.07) is 24.7. The van der Waals surface area contributed by atoms with Gasteiger partial charge in [-0.1, -0.05) is 36.4 Å². The molecule has 1 aromatic heterocycles. The lowest BCUT2D eigenvalue weighted by Crippen LogP contribution is -2.17. The summed E-state index contributed by atoms with van der Waals surface area (Å²) >= 11 is 0. The van der Waals surface area contributed by atoms with Gasteiger partial charge in [0, 0.05) is 5.56 Å². The van der Waals surface area contributed by atoms with Gasteiger partial charge in [-0.3, -0.25) is 14.7 Å². The fraction of sp³-hybridized carbons (Fsp3) is 0.0417. The molecule has 1 amide bonds. The van der Waals surface area contributed by atoms with Crippen molar-refractivity contribution in [3.63, 3.8) is 0 Å². The SMILES string of the molecule is COc1ccc(C(=O)NN=Cc2[nH]n(-c3ccccc3)c(=O)c2N=Nc2ccccc2)cc1. The second kappa shape index (κ2) is 10.0. The molecule has 3 aromatic carbocycles. The molecule has 4 aromatic rings. The maximum Gasteiger partial charge on any atom is 0.299 e. The number of H-pyrrole nitrogens is 1. The number of carbonyl (C=O) groups excluding carboxylic acids is 1. The van der Waals surface area contributed by atoms with Crippen molar-refractivity contribution in [1.82, 2.24) is 15.2 Å². The molecule has 4 rings (SSSR count). The predicted octanol–water partition coefficient (Wildman–Crippen LogP) is 4.35. The van der Waals surface area contributed by atoms with Gasteiger partial charge in [-0.25, -0.2) is 10.1 Å². The zero-order valence-corrected chi connectivity index (χ0v) is 17.7. The number of hydrogen-bond acceptors (Lipinski definition) is 6. The predicted molar refractivity (Wildman–Crippen MR) is 125 cm³/mol. The maximum atomic E-state index is 13.0. The van der Waals surface area contributed by atoms with Gasteiger partial charge in [0.25, 0.3) is 11.5 Å². The summed E-state index contributed by atoms with van der Waals surface area (Å²) in [5.74, 6) is 0.231. The first-order chi connectivity index (χ1) is 16.2. The van der Waals surface area contributed by atoms with Crippen LogP contribution < -0.4 is 15.7 Å². The molecule has 9 heteroatoms. The molecule has 33 heavy (non-hydrogen) atoms. The van der Waals surface area contributed by atoms with E-state index in [2.05, 4.69) is 25.9 Å². The second-order valence-corrected chi connectivity index (χ2v) is 6.81. The third-order valence-electron chi connectivity index (χ3n) is 4.64. The molecule has 164 valence electrons. The Labute approximate surface area is 189 Å². The van der Waals surface area contributed by atoms with Crippen LogP contribution in [-0.2, 0) is 0 Å². The lowest BCUT2D eigenvalue weighted by atomic mass is 10.2. The van der Waals surface area contributed by atoms with E-state index in [1.807, 2.05) is 36.4 Å². The van der Waals surface area contributed by atoms with Gasteiger partial charge in [0.05, 0.1) is 24.7 Å². The van der Waals surface area contributed by atoms with Crippen molar-refractivity contribution in [3.05, 3.63) is 107 Å². The summed E-state index contributed by atoms with van der Waals surface area (Å²) in [4.78, 5) is 25.3. The summed E-state index contributed by atoms with van der Waals surface area (Å²) in [5.41, 5.74) is 4.02. The van der Waals surface area contributed by atoms with Crippen LogP contribution in [0, 0.1) is 0 Å². The fourth-order valence-corrected chi connectivity index (χ4v) is 2.96. The molecule has 0 atom stereocenters. The zero-order valence-electron chi connectivity index (χ0n) is 17.7. The van der Waals surface area contributed by atoms with Gasteiger partial charge in [0.2, 0.25) is 0 Å². The average Bonchev–Trinajstić information content (AvgIpc) is 3.18. The second-order valence-electron chi connectivity index (χ2n) is 6.81. The molecule has 0 saturated carbocycles. The lowest BCUT2D eigenvalue weighted by molar-refractivity contribution is 0.0955. The summed E-state index contributed by atoms with van der Waals surface area (Å²) in [7, 11) is 1.55. The number of aromatic nitrogens is 2. The first kappa shape index (κ1) is 21.4. The Morgan fingerprint density at radius 3 is 2.27 bits per heavy atom. The Bertz CT molecular complexity index is 1340. The number of hydrazone groups is 1. The molecule has 0 spiro atoms. The Balaban J connectivity index is 1.62. The van der Waals surface area contributed by atoms with E-state index in [1.165, 1.54) is 10.9 Å². The molecule has 0 radical (unpaired) electrons. The number of nitrogens with zero attached hydrogens (tertiary/aromatic N) is 4. The van der Waals surface area contributed by atoms with Gasteiger partial charge < -0.3 is 4.74 Å². The normalized spacial score (nSPS) is 11.2. The number of carbonyl (C=O) groups is 1. The molecular formula is C24H20N6O3. The third kappa shape index (κ3) is 5.10. The number of ether oxygens (including phenoxy) is 1. The summed E-state index contributed by atoms with van der Waals surface area (Å²) in [6.45, 7) is 0. The highest BCUT2D eigenvalue weighted by molar-refractivity contribution is 5.95. The van der Waals surface area contributed by atoms with Crippen LogP contribution in [0.25, 0.3) is 5.69 Å². The molecule has 0 unspecified atom stereocenters. The highest BCUT2D eigenvalue weighted by Gasteiger charge is 2.14. The highest BCUT2D eigenvalue weighted by atomic mass is 16.5.